The highest BCUT2D eigenvalue weighted by Gasteiger charge is 2.33. The Kier molecular flexibility index (Phi) is 6.00. The van der Waals surface area contributed by atoms with E-state index in [1.165, 1.54) is 15.6 Å². The van der Waals surface area contributed by atoms with Gasteiger partial charge in [-0.05, 0) is 21.0 Å². The number of nitrogens with zero attached hydrogens (tertiary/aromatic N) is 5. The van der Waals surface area contributed by atoms with Crippen molar-refractivity contribution in [2.24, 2.45) is 0 Å². The van der Waals surface area contributed by atoms with Gasteiger partial charge in [0.05, 0.1) is 13.6 Å². The zero-order valence-corrected chi connectivity index (χ0v) is 18.1. The van der Waals surface area contributed by atoms with Crippen LogP contribution >= 0.6 is 11.3 Å². The molecule has 9 nitrogen and oxygen atoms in total. The van der Waals surface area contributed by atoms with Crippen molar-refractivity contribution in [1.82, 2.24) is 24.5 Å². The third kappa shape index (κ3) is 4.03. The summed E-state index contributed by atoms with van der Waals surface area (Å²) in [7, 11) is -5.52. The highest BCUT2D eigenvalue weighted by Crippen LogP contribution is 2.33. The quantitative estimate of drug-likeness (QED) is 0.638. The lowest BCUT2D eigenvalue weighted by Gasteiger charge is -2.18. The van der Waals surface area contributed by atoms with E-state index < -0.39 is 30.6 Å². The van der Waals surface area contributed by atoms with Crippen molar-refractivity contribution >= 4 is 39.9 Å². The maximum atomic E-state index is 13.1. The Morgan fingerprint density at radius 1 is 1.31 bits per heavy atom. The summed E-state index contributed by atoms with van der Waals surface area (Å²) in [6.07, 6.45) is 0. The molecule has 0 amide bonds. The molecule has 0 atom stereocenters. The van der Waals surface area contributed by atoms with Crippen LogP contribution in [0.5, 0.6) is 0 Å². The number of rotatable bonds is 8. The maximum absolute atomic E-state index is 13.1. The molecule has 0 fully saturated rings. The van der Waals surface area contributed by atoms with Crippen LogP contribution in [0.4, 0.5) is 0 Å². The van der Waals surface area contributed by atoms with Gasteiger partial charge in [-0.3, -0.25) is 4.79 Å². The number of aromatic nitrogens is 4. The number of carbonyl (C=O) groups is 1. The van der Waals surface area contributed by atoms with E-state index in [4.69, 9.17) is 5.11 Å². The van der Waals surface area contributed by atoms with Gasteiger partial charge in [0.25, 0.3) is 10.0 Å². The van der Waals surface area contributed by atoms with E-state index in [-0.39, 0.29) is 10.0 Å². The van der Waals surface area contributed by atoms with E-state index in [0.717, 1.165) is 9.18 Å². The molecule has 0 saturated carbocycles. The Labute approximate surface area is 157 Å². The van der Waals surface area contributed by atoms with E-state index in [2.05, 4.69) is 35.2 Å². The molecule has 144 valence electrons. The number of hydrogen-bond acceptors (Lipinski definition) is 7. The highest BCUT2D eigenvalue weighted by molar-refractivity contribution is 7.91. The van der Waals surface area contributed by atoms with Gasteiger partial charge in [-0.25, -0.2) is 13.1 Å². The van der Waals surface area contributed by atoms with Crippen LogP contribution in [-0.2, 0) is 21.4 Å². The van der Waals surface area contributed by atoms with Crippen molar-refractivity contribution in [2.75, 3.05) is 13.1 Å². The van der Waals surface area contributed by atoms with Gasteiger partial charge in [0, 0.05) is 13.1 Å². The number of tetrazole rings is 1. The van der Waals surface area contributed by atoms with Crippen molar-refractivity contribution in [1.29, 1.82) is 0 Å². The fourth-order valence-corrected chi connectivity index (χ4v) is 7.72. The minimum atomic E-state index is -3.72. The molecule has 12 heteroatoms. The molecule has 2 heterocycles. The zero-order valence-electron chi connectivity index (χ0n) is 15.4. The molecule has 0 aliphatic carbocycles. The van der Waals surface area contributed by atoms with Crippen LogP contribution in [0.3, 0.4) is 0 Å². The third-order valence-electron chi connectivity index (χ3n) is 3.77. The predicted molar refractivity (Wildman–Crippen MR) is 102 cm³/mol. The van der Waals surface area contributed by atoms with Crippen LogP contribution in [0.15, 0.2) is 10.3 Å². The summed E-state index contributed by atoms with van der Waals surface area (Å²) < 4.78 is 29.9. The van der Waals surface area contributed by atoms with Crippen LogP contribution in [0, 0.1) is 0 Å². The normalized spacial score (nSPS) is 12.7. The second kappa shape index (κ2) is 7.54. The van der Waals surface area contributed by atoms with E-state index in [0.29, 0.717) is 18.7 Å². The zero-order chi connectivity index (χ0) is 19.7. The van der Waals surface area contributed by atoms with Crippen LogP contribution in [0.1, 0.15) is 13.8 Å². The molecular formula is C14H23N5O4S2Si. The lowest BCUT2D eigenvalue weighted by Crippen LogP contribution is -2.35. The number of sulfonamides is 1. The molecule has 0 bridgehead atoms. The van der Waals surface area contributed by atoms with E-state index in [9.17, 15) is 13.2 Å². The predicted octanol–water partition coefficient (Wildman–Crippen LogP) is 1.06. The Morgan fingerprint density at radius 3 is 2.42 bits per heavy atom. The summed E-state index contributed by atoms with van der Waals surface area (Å²) in [5, 5.41) is 20.2. The summed E-state index contributed by atoms with van der Waals surface area (Å²) >= 11 is 1.23. The number of thiophene rings is 1. The third-order valence-corrected chi connectivity index (χ3v) is 11.1. The molecular weight excluding hydrogens is 394 g/mol. The second-order valence-electron chi connectivity index (χ2n) is 6.70. The Balaban J connectivity index is 2.72. The number of carboxylic acids is 1. The number of hydrogen-bond donors (Lipinski definition) is 1. The molecule has 26 heavy (non-hydrogen) atoms. The lowest BCUT2D eigenvalue weighted by atomic mass is 10.3. The van der Waals surface area contributed by atoms with Gasteiger partial charge in [-0.15, -0.1) is 16.4 Å². The Morgan fingerprint density at radius 2 is 1.92 bits per heavy atom. The molecule has 0 saturated heterocycles. The molecule has 0 radical (unpaired) electrons. The molecule has 0 aliphatic rings. The Hall–Kier alpha value is -1.63. The smallest absolute Gasteiger partial charge is 0.325 e. The van der Waals surface area contributed by atoms with E-state index in [1.807, 2.05) is 0 Å². The summed E-state index contributed by atoms with van der Waals surface area (Å²) in [5.41, 5.74) is 0.366. The van der Waals surface area contributed by atoms with Gasteiger partial charge in [0.15, 0.2) is 5.82 Å². The number of carboxylic acid groups (broad SMARTS) is 1. The van der Waals surface area contributed by atoms with Crippen LogP contribution in [-0.4, -0.2) is 65.2 Å². The topological polar surface area (TPSA) is 118 Å². The molecule has 1 N–H and O–H groups in total. The SMILES string of the molecule is CCN(CC)S(=O)(=O)c1sc([Si](C)(C)C)cc1-c1nnnn1CC(=O)O. The van der Waals surface area contributed by atoms with Gasteiger partial charge in [-0.2, -0.15) is 4.31 Å². The van der Waals surface area contributed by atoms with Crippen molar-refractivity contribution in [2.45, 2.75) is 44.2 Å². The van der Waals surface area contributed by atoms with E-state index in [1.54, 1.807) is 19.9 Å². The monoisotopic (exact) mass is 417 g/mol. The molecule has 2 rings (SSSR count). The van der Waals surface area contributed by atoms with Crippen LogP contribution < -0.4 is 4.50 Å². The van der Waals surface area contributed by atoms with Crippen molar-refractivity contribution in [3.63, 3.8) is 0 Å². The molecule has 2 aromatic heterocycles. The van der Waals surface area contributed by atoms with Crippen molar-refractivity contribution < 1.29 is 18.3 Å². The van der Waals surface area contributed by atoms with Crippen molar-refractivity contribution in [3.8, 4) is 11.4 Å². The molecule has 0 spiro atoms. The lowest BCUT2D eigenvalue weighted by molar-refractivity contribution is -0.137. The highest BCUT2D eigenvalue weighted by atomic mass is 32.2. The maximum Gasteiger partial charge on any atom is 0.325 e. The van der Waals surface area contributed by atoms with E-state index >= 15 is 0 Å². The largest absolute Gasteiger partial charge is 0.480 e. The second-order valence-corrected chi connectivity index (χ2v) is 15.3. The van der Waals surface area contributed by atoms with Gasteiger partial charge >= 0.3 is 5.97 Å². The molecule has 0 aromatic carbocycles. The summed E-state index contributed by atoms with van der Waals surface area (Å²) in [6, 6.07) is 1.80. The molecule has 2 aromatic rings. The van der Waals surface area contributed by atoms with Gasteiger partial charge < -0.3 is 5.11 Å². The standard InChI is InChI=1S/C14H23N5O4S2Si/c1-6-18(7-2)25(22,23)14-10(8-12(24-14)26(3,4)5)13-15-16-17-19(13)9-11(20)21/h8H,6-7,9H2,1-5H3,(H,20,21). The van der Waals surface area contributed by atoms with Crippen LogP contribution in [0.2, 0.25) is 19.6 Å². The van der Waals surface area contributed by atoms with Gasteiger partial charge in [-0.1, -0.05) is 33.5 Å². The Bertz CT molecular complexity index is 897. The summed E-state index contributed by atoms with van der Waals surface area (Å²) in [4.78, 5) is 11.1. The first kappa shape index (κ1) is 20.7. The average Bonchev–Trinajstić information content (AvgIpc) is 3.13. The van der Waals surface area contributed by atoms with Crippen molar-refractivity contribution in [3.05, 3.63) is 6.07 Å². The number of aliphatic carboxylic acids is 1. The minimum absolute atomic E-state index is 0.152. The average molecular weight is 418 g/mol. The van der Waals surface area contributed by atoms with Gasteiger partial charge in [0.2, 0.25) is 0 Å². The first-order valence-electron chi connectivity index (χ1n) is 8.15. The molecule has 0 unspecified atom stereocenters. The van der Waals surface area contributed by atoms with Gasteiger partial charge in [0.1, 0.15) is 10.8 Å². The fourth-order valence-electron chi connectivity index (χ4n) is 2.40. The fraction of sp³-hybridized carbons (Fsp3) is 0.571. The van der Waals surface area contributed by atoms with Crippen LogP contribution in [0.25, 0.3) is 11.4 Å². The summed E-state index contributed by atoms with van der Waals surface area (Å²) in [6.45, 7) is 10.2. The summed E-state index contributed by atoms with van der Waals surface area (Å²) in [5.74, 6) is -0.953. The first-order valence-corrected chi connectivity index (χ1v) is 13.9. The molecule has 0 aliphatic heterocycles. The minimum Gasteiger partial charge on any atom is -0.480 e. The first-order chi connectivity index (χ1) is 12.0.